The molecule has 1 aliphatic carbocycles. The summed E-state index contributed by atoms with van der Waals surface area (Å²) >= 11 is 0. The zero-order valence-electron chi connectivity index (χ0n) is 13.7. The van der Waals surface area contributed by atoms with E-state index in [1.807, 2.05) is 0 Å². The summed E-state index contributed by atoms with van der Waals surface area (Å²) in [6.45, 7) is 2.08. The van der Waals surface area contributed by atoms with Crippen molar-refractivity contribution in [3.05, 3.63) is 65.5 Å². The third-order valence-electron chi connectivity index (χ3n) is 4.60. The van der Waals surface area contributed by atoms with Crippen molar-refractivity contribution in [2.75, 3.05) is 5.32 Å². The molecule has 0 radical (unpaired) electrons. The molecule has 3 rings (SSSR count). The molecule has 120 valence electrons. The maximum absolute atomic E-state index is 13.0. The minimum absolute atomic E-state index is 0.212. The van der Waals surface area contributed by atoms with Gasteiger partial charge in [0.15, 0.2) is 0 Å². The van der Waals surface area contributed by atoms with E-state index in [1.54, 1.807) is 12.1 Å². The molecule has 23 heavy (non-hydrogen) atoms. The Labute approximate surface area is 138 Å². The molecule has 0 amide bonds. The van der Waals surface area contributed by atoms with Crippen LogP contribution in [-0.4, -0.2) is 0 Å². The molecule has 1 nitrogen and oxygen atoms in total. The number of hydrogen-bond donors (Lipinski definition) is 1. The molecule has 1 aliphatic rings. The van der Waals surface area contributed by atoms with Crippen LogP contribution < -0.4 is 5.32 Å². The molecule has 2 aromatic carbocycles. The van der Waals surface area contributed by atoms with Crippen molar-refractivity contribution in [1.82, 2.24) is 0 Å². The second-order valence-electron chi connectivity index (χ2n) is 6.46. The van der Waals surface area contributed by atoms with Crippen molar-refractivity contribution in [2.45, 2.75) is 39.0 Å². The summed E-state index contributed by atoms with van der Waals surface area (Å²) in [5.41, 5.74) is 4.38. The lowest BCUT2D eigenvalue weighted by Gasteiger charge is -2.17. The van der Waals surface area contributed by atoms with Gasteiger partial charge in [-0.05, 0) is 67.1 Å². The Morgan fingerprint density at radius 1 is 1.00 bits per heavy atom. The van der Waals surface area contributed by atoms with E-state index < -0.39 is 0 Å². The van der Waals surface area contributed by atoms with Crippen LogP contribution in [0.4, 0.5) is 15.8 Å². The van der Waals surface area contributed by atoms with Gasteiger partial charge in [0.1, 0.15) is 5.82 Å². The van der Waals surface area contributed by atoms with Crippen LogP contribution in [-0.2, 0) is 0 Å². The topological polar surface area (TPSA) is 12.0 Å². The van der Waals surface area contributed by atoms with Gasteiger partial charge < -0.3 is 5.32 Å². The predicted molar refractivity (Wildman–Crippen MR) is 96.5 cm³/mol. The highest BCUT2D eigenvalue weighted by molar-refractivity contribution is 5.67. The number of allylic oxidation sites excluding steroid dienone is 1. The van der Waals surface area contributed by atoms with E-state index in [1.165, 1.54) is 55.4 Å². The van der Waals surface area contributed by atoms with Gasteiger partial charge in [-0.25, -0.2) is 4.39 Å². The highest BCUT2D eigenvalue weighted by Crippen LogP contribution is 2.27. The van der Waals surface area contributed by atoms with Gasteiger partial charge in [0, 0.05) is 11.4 Å². The van der Waals surface area contributed by atoms with Crippen molar-refractivity contribution in [3.63, 3.8) is 0 Å². The summed E-state index contributed by atoms with van der Waals surface area (Å²) < 4.78 is 13.0. The van der Waals surface area contributed by atoms with Gasteiger partial charge in [-0.15, -0.1) is 0 Å². The van der Waals surface area contributed by atoms with Gasteiger partial charge in [-0.2, -0.15) is 0 Å². The average molecular weight is 309 g/mol. The number of hydrogen-bond acceptors (Lipinski definition) is 1. The van der Waals surface area contributed by atoms with E-state index in [0.29, 0.717) is 0 Å². The van der Waals surface area contributed by atoms with Crippen LogP contribution in [0.1, 0.15) is 43.2 Å². The van der Waals surface area contributed by atoms with Gasteiger partial charge in [0.2, 0.25) is 0 Å². The van der Waals surface area contributed by atoms with Gasteiger partial charge in [-0.3, -0.25) is 0 Å². The Kier molecular flexibility index (Phi) is 5.12. The molecule has 1 fully saturated rings. The smallest absolute Gasteiger partial charge is 0.123 e. The van der Waals surface area contributed by atoms with E-state index in [-0.39, 0.29) is 5.82 Å². The lowest BCUT2D eigenvalue weighted by molar-refractivity contribution is 0.420. The number of rotatable bonds is 4. The average Bonchev–Trinajstić information content (AvgIpc) is 2.58. The molecule has 2 aromatic rings. The minimum Gasteiger partial charge on any atom is -0.355 e. The largest absolute Gasteiger partial charge is 0.355 e. The van der Waals surface area contributed by atoms with Crippen molar-refractivity contribution in [1.29, 1.82) is 0 Å². The Hall–Kier alpha value is -2.09. The standard InChI is InChI=1S/C21H24FN/c1-16-7-8-18(10-9-17-5-3-2-4-6-17)15-21(16)23-20-13-11-19(22)12-14-20/h7-15,17,23H,2-6H2,1H3/b10-9+. The maximum Gasteiger partial charge on any atom is 0.123 e. The Morgan fingerprint density at radius 2 is 1.74 bits per heavy atom. The van der Waals surface area contributed by atoms with Crippen LogP contribution in [0.25, 0.3) is 6.08 Å². The van der Waals surface area contributed by atoms with E-state index in [0.717, 1.165) is 17.3 Å². The molecule has 0 spiro atoms. The Balaban J connectivity index is 1.73. The zero-order chi connectivity index (χ0) is 16.1. The minimum atomic E-state index is -0.212. The summed E-state index contributed by atoms with van der Waals surface area (Å²) in [4.78, 5) is 0. The summed E-state index contributed by atoms with van der Waals surface area (Å²) in [5.74, 6) is 0.523. The first-order valence-corrected chi connectivity index (χ1v) is 8.52. The van der Waals surface area contributed by atoms with Gasteiger partial charge in [0.05, 0.1) is 0 Å². The maximum atomic E-state index is 13.0. The summed E-state index contributed by atoms with van der Waals surface area (Å²) in [7, 11) is 0. The SMILES string of the molecule is Cc1ccc(/C=C/C2CCCCC2)cc1Nc1ccc(F)cc1. The molecule has 0 bridgehead atoms. The third kappa shape index (κ3) is 4.44. The van der Waals surface area contributed by atoms with Crippen LogP contribution >= 0.6 is 0 Å². The van der Waals surface area contributed by atoms with Crippen LogP contribution in [0.3, 0.4) is 0 Å². The third-order valence-corrected chi connectivity index (χ3v) is 4.60. The second-order valence-corrected chi connectivity index (χ2v) is 6.46. The van der Waals surface area contributed by atoms with Crippen LogP contribution in [0.5, 0.6) is 0 Å². The fraction of sp³-hybridized carbons (Fsp3) is 0.333. The van der Waals surface area contributed by atoms with Gasteiger partial charge in [-0.1, -0.05) is 43.5 Å². The molecule has 0 aliphatic heterocycles. The first-order chi connectivity index (χ1) is 11.2. The molecular formula is C21H24FN. The first kappa shape index (κ1) is 15.8. The lowest BCUT2D eigenvalue weighted by atomic mass is 9.89. The molecule has 1 saturated carbocycles. The molecule has 0 atom stereocenters. The molecule has 0 aromatic heterocycles. The zero-order valence-corrected chi connectivity index (χ0v) is 13.7. The van der Waals surface area contributed by atoms with E-state index in [9.17, 15) is 4.39 Å². The summed E-state index contributed by atoms with van der Waals surface area (Å²) in [6, 6.07) is 12.9. The normalized spacial score (nSPS) is 15.9. The number of anilines is 2. The molecule has 0 unspecified atom stereocenters. The van der Waals surface area contributed by atoms with Crippen molar-refractivity contribution in [3.8, 4) is 0 Å². The Morgan fingerprint density at radius 3 is 2.48 bits per heavy atom. The van der Waals surface area contributed by atoms with E-state index in [2.05, 4.69) is 42.6 Å². The highest BCUT2D eigenvalue weighted by atomic mass is 19.1. The molecule has 0 heterocycles. The fourth-order valence-electron chi connectivity index (χ4n) is 3.14. The molecule has 0 saturated heterocycles. The first-order valence-electron chi connectivity index (χ1n) is 8.52. The van der Waals surface area contributed by atoms with Gasteiger partial charge >= 0.3 is 0 Å². The number of benzene rings is 2. The quantitative estimate of drug-likeness (QED) is 0.682. The van der Waals surface area contributed by atoms with Crippen LogP contribution in [0.2, 0.25) is 0 Å². The van der Waals surface area contributed by atoms with E-state index in [4.69, 9.17) is 0 Å². The summed E-state index contributed by atoms with van der Waals surface area (Å²) in [6.07, 6.45) is 11.4. The van der Waals surface area contributed by atoms with E-state index >= 15 is 0 Å². The molecule has 2 heteroatoms. The van der Waals surface area contributed by atoms with Crippen molar-refractivity contribution >= 4 is 17.5 Å². The predicted octanol–water partition coefficient (Wildman–Crippen LogP) is 6.47. The number of aryl methyl sites for hydroxylation is 1. The Bertz CT molecular complexity index is 667. The number of nitrogens with one attached hydrogen (secondary N) is 1. The fourth-order valence-corrected chi connectivity index (χ4v) is 3.14. The van der Waals surface area contributed by atoms with Crippen molar-refractivity contribution in [2.24, 2.45) is 5.92 Å². The summed E-state index contributed by atoms with van der Waals surface area (Å²) in [5, 5.41) is 3.38. The van der Waals surface area contributed by atoms with Gasteiger partial charge in [0.25, 0.3) is 0 Å². The monoisotopic (exact) mass is 309 g/mol. The van der Waals surface area contributed by atoms with Crippen LogP contribution in [0.15, 0.2) is 48.5 Å². The molecule has 1 N–H and O–H groups in total. The highest BCUT2D eigenvalue weighted by Gasteiger charge is 2.09. The van der Waals surface area contributed by atoms with Crippen LogP contribution in [0, 0.1) is 18.7 Å². The number of halogens is 1. The van der Waals surface area contributed by atoms with Crippen molar-refractivity contribution < 1.29 is 4.39 Å². The molecular weight excluding hydrogens is 285 g/mol. The second kappa shape index (κ2) is 7.45. The lowest BCUT2D eigenvalue weighted by Crippen LogP contribution is -2.02.